The van der Waals surface area contributed by atoms with E-state index in [9.17, 15) is 66.1 Å². The Balaban J connectivity index is 1.02. The first-order valence-corrected chi connectivity index (χ1v) is 28.1. The van der Waals surface area contributed by atoms with E-state index in [2.05, 4.69) is 40.7 Å². The van der Waals surface area contributed by atoms with E-state index >= 15 is 0 Å². The van der Waals surface area contributed by atoms with Gasteiger partial charge in [0, 0.05) is 13.3 Å². The normalized spacial score (nSPS) is 50.5. The van der Waals surface area contributed by atoms with Crippen molar-refractivity contribution >= 4 is 5.97 Å². The van der Waals surface area contributed by atoms with Crippen molar-refractivity contribution in [2.45, 2.75) is 255 Å². The molecule has 77 heavy (non-hydrogen) atoms. The minimum Gasteiger partial charge on any atom is -0.463 e. The number of carbonyl (C=O) groups excluding carboxylic acids is 1. The van der Waals surface area contributed by atoms with Gasteiger partial charge in [0.15, 0.2) is 25.2 Å². The lowest BCUT2D eigenvalue weighted by Crippen LogP contribution is -2.68. The van der Waals surface area contributed by atoms with Gasteiger partial charge in [-0.3, -0.25) is 4.79 Å². The smallest absolute Gasteiger partial charge is 0.302 e. The third-order valence-electron chi connectivity index (χ3n) is 20.7. The number of hydrogen-bond acceptors (Lipinski definition) is 22. The molecule has 0 bridgehead atoms. The highest BCUT2D eigenvalue weighted by Gasteiger charge is 2.72. The molecular weight excluding hydrogens is 1010 g/mol. The van der Waals surface area contributed by atoms with Gasteiger partial charge in [-0.2, -0.15) is 0 Å². The average Bonchev–Trinajstić information content (AvgIpc) is 4.18. The molecule has 8 fully saturated rings. The lowest BCUT2D eigenvalue weighted by Gasteiger charge is -2.71. The van der Waals surface area contributed by atoms with E-state index in [-0.39, 0.29) is 52.9 Å². The molecule has 0 amide bonds. The number of aliphatic hydroxyl groups is 12. The Hall–Kier alpha value is -1.59. The Kier molecular flexibility index (Phi) is 18.8. The van der Waals surface area contributed by atoms with Crippen LogP contribution in [0.15, 0.2) is 11.6 Å². The van der Waals surface area contributed by atoms with Crippen molar-refractivity contribution in [3.05, 3.63) is 11.6 Å². The number of allylic oxidation sites excluding steroid dienone is 2. The van der Waals surface area contributed by atoms with Crippen molar-refractivity contribution in [3.63, 3.8) is 0 Å². The van der Waals surface area contributed by atoms with Crippen LogP contribution in [0.3, 0.4) is 0 Å². The second-order valence-electron chi connectivity index (χ2n) is 25.8. The summed E-state index contributed by atoms with van der Waals surface area (Å²) in [6, 6.07) is 0. The van der Waals surface area contributed by atoms with E-state index in [1.165, 1.54) is 6.92 Å². The van der Waals surface area contributed by atoms with E-state index in [1.54, 1.807) is 0 Å². The molecule has 8 aliphatic rings. The minimum absolute atomic E-state index is 0.0415. The topological polar surface area (TPSA) is 343 Å². The second-order valence-corrected chi connectivity index (χ2v) is 25.8. The summed E-state index contributed by atoms with van der Waals surface area (Å²) >= 11 is 0. The summed E-state index contributed by atoms with van der Waals surface area (Å²) in [6.07, 6.45) is -19.1. The molecule has 22 heteroatoms. The number of rotatable bonds is 17. The van der Waals surface area contributed by atoms with E-state index in [1.807, 2.05) is 20.8 Å². The van der Waals surface area contributed by atoms with Crippen LogP contribution in [0.5, 0.6) is 0 Å². The van der Waals surface area contributed by atoms with Gasteiger partial charge in [0.1, 0.15) is 86.0 Å². The van der Waals surface area contributed by atoms with Gasteiger partial charge in [-0.05, 0) is 124 Å². The number of fused-ring (bicyclic) bond motifs is 5. The zero-order chi connectivity index (χ0) is 56.5. The van der Waals surface area contributed by atoms with Crippen LogP contribution < -0.4 is 0 Å². The van der Waals surface area contributed by atoms with Gasteiger partial charge < -0.3 is 104 Å². The first-order valence-electron chi connectivity index (χ1n) is 28.1. The molecule has 12 N–H and O–H groups in total. The molecule has 0 radical (unpaired) electrons. The van der Waals surface area contributed by atoms with Gasteiger partial charge in [-0.1, -0.05) is 46.3 Å². The van der Waals surface area contributed by atoms with Crippen LogP contribution in [0.4, 0.5) is 0 Å². The Morgan fingerprint density at radius 1 is 0.610 bits per heavy atom. The van der Waals surface area contributed by atoms with Crippen LogP contribution in [0.1, 0.15) is 127 Å². The molecule has 4 aliphatic heterocycles. The van der Waals surface area contributed by atoms with Gasteiger partial charge >= 0.3 is 5.97 Å². The van der Waals surface area contributed by atoms with E-state index in [0.717, 1.165) is 24.8 Å². The number of carbonyl (C=O) groups is 1. The van der Waals surface area contributed by atoms with E-state index < -0.39 is 160 Å². The van der Waals surface area contributed by atoms with E-state index in [0.29, 0.717) is 38.5 Å². The summed E-state index contributed by atoms with van der Waals surface area (Å²) in [5.41, 5.74) is -1.43. The van der Waals surface area contributed by atoms with Gasteiger partial charge in [-0.15, -0.1) is 0 Å². The third kappa shape index (κ3) is 11.3. The Morgan fingerprint density at radius 2 is 1.21 bits per heavy atom. The maximum absolute atomic E-state index is 12.9. The number of aliphatic hydroxyl groups excluding tert-OH is 12. The molecule has 28 atom stereocenters. The fourth-order valence-electron chi connectivity index (χ4n) is 16.2. The maximum Gasteiger partial charge on any atom is 0.302 e. The predicted octanol–water partition coefficient (Wildman–Crippen LogP) is 0.0365. The van der Waals surface area contributed by atoms with Crippen molar-refractivity contribution in [3.8, 4) is 0 Å². The molecule has 0 spiro atoms. The molecule has 0 unspecified atom stereocenters. The summed E-state index contributed by atoms with van der Waals surface area (Å²) in [5.74, 6) is -1.00. The lowest BCUT2D eigenvalue weighted by molar-refractivity contribution is -0.378. The van der Waals surface area contributed by atoms with Crippen LogP contribution in [0.25, 0.3) is 0 Å². The predicted molar refractivity (Wildman–Crippen MR) is 268 cm³/mol. The zero-order valence-electron chi connectivity index (χ0n) is 46.3. The van der Waals surface area contributed by atoms with Crippen molar-refractivity contribution in [2.24, 2.45) is 45.3 Å². The van der Waals surface area contributed by atoms with Gasteiger partial charge in [0.05, 0.1) is 43.7 Å². The maximum atomic E-state index is 12.9. The Morgan fingerprint density at radius 3 is 1.84 bits per heavy atom. The molecule has 4 heterocycles. The van der Waals surface area contributed by atoms with Gasteiger partial charge in [0.2, 0.25) is 0 Å². The molecule has 4 saturated carbocycles. The Labute approximate surface area is 451 Å². The van der Waals surface area contributed by atoms with Crippen molar-refractivity contribution in [2.75, 3.05) is 26.4 Å². The van der Waals surface area contributed by atoms with Crippen LogP contribution in [-0.2, 0) is 47.4 Å². The number of ether oxygens (including phenoxy) is 9. The molecule has 444 valence electrons. The fraction of sp³-hybridized carbons (Fsp3) is 0.945. The zero-order valence-corrected chi connectivity index (χ0v) is 46.3. The summed E-state index contributed by atoms with van der Waals surface area (Å²) in [7, 11) is 0. The molecule has 4 saturated heterocycles. The number of esters is 1. The molecule has 4 aliphatic carbocycles. The van der Waals surface area contributed by atoms with Gasteiger partial charge in [0.25, 0.3) is 0 Å². The van der Waals surface area contributed by atoms with Crippen molar-refractivity contribution in [1.82, 2.24) is 0 Å². The number of hydrogen-bond donors (Lipinski definition) is 12. The molecule has 22 nitrogen and oxygen atoms in total. The molecular formula is C55H92O22. The lowest BCUT2D eigenvalue weighted by atomic mass is 9.35. The highest BCUT2D eigenvalue weighted by atomic mass is 16.8. The standard InChI is InChI=1S/C55H92O22/c1-25(2)11-10-15-55(9,77-49-46(68)43(65)40(62)33(73-49)24-70-37-20-28(59)30(21-56)71-37)27-12-17-54(8)38(27)29(60)19-35-52(6)16-14-36(51(4,5)34(52)13-18-53(35,54)7)75-50-47(44(66)41(63)32(74-50)23-69-26(3)58)76-48-45(67)42(64)39(61)31(22-57)72-48/h11,27-50,56-57,59-68H,10,12-24H2,1-9H3/t27-,28+,29+,30-,31+,32+,33+,34-,35+,36-,37+,38-,39+,40+,41+,42-,43-,44-,45+,46+,47+,48-,49-,50-,52-,53+,54+,55-/m0/s1. The average molecular weight is 1110 g/mol. The minimum atomic E-state index is -1.83. The summed E-state index contributed by atoms with van der Waals surface area (Å²) in [5, 5.41) is 131. The summed E-state index contributed by atoms with van der Waals surface area (Å²) < 4.78 is 54.8. The van der Waals surface area contributed by atoms with E-state index in [4.69, 9.17) is 42.6 Å². The third-order valence-corrected chi connectivity index (χ3v) is 20.7. The van der Waals surface area contributed by atoms with Gasteiger partial charge in [-0.25, -0.2) is 0 Å². The SMILES string of the molecule is CC(=O)OC[C@H]1O[C@@H](O[C@H]2CC[C@]3(C)[C@H]4C[C@@H](O)[C@@H]5[C@@H]([C@](C)(CCC=C(C)C)O[C@@H]6O[C@H](CO[C@H]7C[C@@H](O)[C@H](CO)O7)[C@@H](O)[C@H](O)[C@H]6O)CC[C@@]5(C)[C@]4(C)CC[C@H]3C2(C)C)[C@H](O[C@@H]2O[C@H](CO)[C@@H](O)[C@H](O)[C@H]2O)[C@@H](O)[C@@H]1O. The Bertz CT molecular complexity index is 2030. The van der Waals surface area contributed by atoms with Crippen LogP contribution in [-0.4, -0.2) is 222 Å². The monoisotopic (exact) mass is 1100 g/mol. The first kappa shape index (κ1) is 61.5. The summed E-state index contributed by atoms with van der Waals surface area (Å²) in [6.45, 7) is 16.7. The summed E-state index contributed by atoms with van der Waals surface area (Å²) in [4.78, 5) is 11.9. The molecule has 0 aromatic heterocycles. The molecule has 0 aromatic carbocycles. The highest BCUT2D eigenvalue weighted by Crippen LogP contribution is 2.76. The van der Waals surface area contributed by atoms with Crippen molar-refractivity contribution < 1.29 is 109 Å². The molecule has 8 rings (SSSR count). The van der Waals surface area contributed by atoms with Crippen molar-refractivity contribution in [1.29, 1.82) is 0 Å². The van der Waals surface area contributed by atoms with Crippen LogP contribution in [0, 0.1) is 45.3 Å². The quantitative estimate of drug-likeness (QED) is 0.0520. The van der Waals surface area contributed by atoms with Crippen LogP contribution >= 0.6 is 0 Å². The second kappa shape index (κ2) is 23.6. The first-order chi connectivity index (χ1) is 36.1. The largest absolute Gasteiger partial charge is 0.463 e. The molecule has 0 aromatic rings. The fourth-order valence-corrected chi connectivity index (χ4v) is 16.2. The highest BCUT2D eigenvalue weighted by molar-refractivity contribution is 5.65. The van der Waals surface area contributed by atoms with Crippen LogP contribution in [0.2, 0.25) is 0 Å².